The SMILES string of the molecule is COc1cccc(NC(=O)COc2ccc(C(=O)NCc3cccc(Cn4ccnc4)c3)cc2)c1. The number of amides is 2. The first kappa shape index (κ1) is 23.6. The number of carbonyl (C=O) groups is 2. The predicted octanol–water partition coefficient (Wildman–Crippen LogP) is 3.89. The fraction of sp³-hybridized carbons (Fsp3) is 0.148. The molecule has 2 amide bonds. The lowest BCUT2D eigenvalue weighted by atomic mass is 10.1. The van der Waals surface area contributed by atoms with Gasteiger partial charge in [0.15, 0.2) is 6.61 Å². The van der Waals surface area contributed by atoms with Gasteiger partial charge in [-0.2, -0.15) is 0 Å². The van der Waals surface area contributed by atoms with E-state index in [1.165, 1.54) is 0 Å². The van der Waals surface area contributed by atoms with Crippen LogP contribution in [0.2, 0.25) is 0 Å². The Morgan fingerprint density at radius 3 is 2.51 bits per heavy atom. The largest absolute Gasteiger partial charge is 0.497 e. The zero-order valence-electron chi connectivity index (χ0n) is 19.3. The van der Waals surface area contributed by atoms with Crippen molar-refractivity contribution in [1.82, 2.24) is 14.9 Å². The second-order valence-electron chi connectivity index (χ2n) is 7.83. The minimum Gasteiger partial charge on any atom is -0.497 e. The van der Waals surface area contributed by atoms with E-state index < -0.39 is 0 Å². The lowest BCUT2D eigenvalue weighted by molar-refractivity contribution is -0.118. The molecule has 0 aliphatic rings. The number of ether oxygens (including phenoxy) is 2. The Hall–Kier alpha value is -4.59. The molecule has 8 nitrogen and oxygen atoms in total. The van der Waals surface area contributed by atoms with Crippen molar-refractivity contribution in [2.45, 2.75) is 13.1 Å². The van der Waals surface area contributed by atoms with Crippen LogP contribution in [0.1, 0.15) is 21.5 Å². The molecular formula is C27H26N4O4. The predicted molar refractivity (Wildman–Crippen MR) is 133 cm³/mol. The van der Waals surface area contributed by atoms with Crippen molar-refractivity contribution in [1.29, 1.82) is 0 Å². The maximum atomic E-state index is 12.6. The van der Waals surface area contributed by atoms with Crippen molar-refractivity contribution < 1.29 is 19.1 Å². The van der Waals surface area contributed by atoms with Crippen LogP contribution >= 0.6 is 0 Å². The van der Waals surface area contributed by atoms with Gasteiger partial charge in [0.25, 0.3) is 11.8 Å². The maximum absolute atomic E-state index is 12.6. The molecule has 1 aromatic heterocycles. The number of aromatic nitrogens is 2. The van der Waals surface area contributed by atoms with E-state index in [1.54, 1.807) is 68.2 Å². The van der Waals surface area contributed by atoms with Gasteiger partial charge in [0, 0.05) is 42.8 Å². The zero-order chi connectivity index (χ0) is 24.5. The number of carbonyl (C=O) groups excluding carboxylic acids is 2. The standard InChI is InChI=1S/C27H26N4O4/c1-34-25-7-3-6-23(15-25)30-26(32)18-35-24-10-8-22(9-11-24)27(33)29-16-20-4-2-5-21(14-20)17-31-13-12-28-19-31/h2-15,19H,16-18H2,1H3,(H,29,33)(H,30,32). The van der Waals surface area contributed by atoms with Crippen molar-refractivity contribution in [2.24, 2.45) is 0 Å². The third kappa shape index (κ3) is 6.94. The minimum absolute atomic E-state index is 0.155. The van der Waals surface area contributed by atoms with Gasteiger partial charge in [-0.25, -0.2) is 4.98 Å². The highest BCUT2D eigenvalue weighted by molar-refractivity contribution is 5.94. The van der Waals surface area contributed by atoms with E-state index in [1.807, 2.05) is 29.0 Å². The highest BCUT2D eigenvalue weighted by atomic mass is 16.5. The van der Waals surface area contributed by atoms with Gasteiger partial charge in [-0.05, 0) is 47.5 Å². The normalized spacial score (nSPS) is 10.4. The molecule has 0 atom stereocenters. The molecule has 35 heavy (non-hydrogen) atoms. The molecule has 0 saturated heterocycles. The van der Waals surface area contributed by atoms with Gasteiger partial charge in [0.2, 0.25) is 0 Å². The molecule has 0 aliphatic heterocycles. The second-order valence-corrected chi connectivity index (χ2v) is 7.83. The number of benzene rings is 3. The van der Waals surface area contributed by atoms with Crippen LogP contribution in [0.3, 0.4) is 0 Å². The molecule has 0 bridgehead atoms. The van der Waals surface area contributed by atoms with E-state index in [2.05, 4.69) is 21.7 Å². The summed E-state index contributed by atoms with van der Waals surface area (Å²) in [6, 6.07) is 21.8. The molecule has 4 rings (SSSR count). The Morgan fingerprint density at radius 1 is 0.943 bits per heavy atom. The molecule has 4 aromatic rings. The highest BCUT2D eigenvalue weighted by Gasteiger charge is 2.08. The van der Waals surface area contributed by atoms with Crippen LogP contribution in [0.5, 0.6) is 11.5 Å². The summed E-state index contributed by atoms with van der Waals surface area (Å²) < 4.78 is 12.7. The van der Waals surface area contributed by atoms with E-state index in [-0.39, 0.29) is 18.4 Å². The van der Waals surface area contributed by atoms with E-state index in [0.717, 1.165) is 17.7 Å². The van der Waals surface area contributed by atoms with Gasteiger partial charge in [-0.15, -0.1) is 0 Å². The average molecular weight is 471 g/mol. The van der Waals surface area contributed by atoms with Crippen molar-refractivity contribution in [3.05, 3.63) is 108 Å². The first-order chi connectivity index (χ1) is 17.1. The molecule has 8 heteroatoms. The van der Waals surface area contributed by atoms with E-state index in [4.69, 9.17) is 9.47 Å². The summed E-state index contributed by atoms with van der Waals surface area (Å²) in [6.45, 7) is 0.984. The molecule has 1 heterocycles. The Bertz CT molecular complexity index is 1270. The number of hydrogen-bond acceptors (Lipinski definition) is 5. The summed E-state index contributed by atoms with van der Waals surface area (Å²) >= 11 is 0. The van der Waals surface area contributed by atoms with Gasteiger partial charge in [0.05, 0.1) is 13.4 Å². The van der Waals surface area contributed by atoms with Crippen LogP contribution in [0.25, 0.3) is 0 Å². The Balaban J connectivity index is 1.24. The molecule has 2 N–H and O–H groups in total. The monoisotopic (exact) mass is 470 g/mol. The summed E-state index contributed by atoms with van der Waals surface area (Å²) in [4.78, 5) is 28.8. The van der Waals surface area contributed by atoms with Crippen LogP contribution in [-0.4, -0.2) is 35.1 Å². The summed E-state index contributed by atoms with van der Waals surface area (Å²) in [5.41, 5.74) is 3.27. The molecule has 0 unspecified atom stereocenters. The molecule has 0 aliphatic carbocycles. The van der Waals surface area contributed by atoms with Crippen LogP contribution in [-0.2, 0) is 17.9 Å². The first-order valence-corrected chi connectivity index (χ1v) is 11.1. The van der Waals surface area contributed by atoms with Gasteiger partial charge < -0.3 is 24.7 Å². The molecule has 0 radical (unpaired) electrons. The number of rotatable bonds is 10. The summed E-state index contributed by atoms with van der Waals surface area (Å²) in [6.07, 6.45) is 5.43. The number of nitrogens with zero attached hydrogens (tertiary/aromatic N) is 2. The van der Waals surface area contributed by atoms with Crippen molar-refractivity contribution in [2.75, 3.05) is 19.0 Å². The fourth-order valence-electron chi connectivity index (χ4n) is 3.46. The number of hydrogen-bond donors (Lipinski definition) is 2. The summed E-state index contributed by atoms with van der Waals surface area (Å²) in [7, 11) is 1.57. The smallest absolute Gasteiger partial charge is 0.262 e. The fourth-order valence-corrected chi connectivity index (χ4v) is 3.46. The maximum Gasteiger partial charge on any atom is 0.262 e. The topological polar surface area (TPSA) is 94.5 Å². The number of nitrogens with one attached hydrogen (secondary N) is 2. The van der Waals surface area contributed by atoms with Gasteiger partial charge >= 0.3 is 0 Å². The van der Waals surface area contributed by atoms with Crippen LogP contribution < -0.4 is 20.1 Å². The lowest BCUT2D eigenvalue weighted by Crippen LogP contribution is -2.23. The second kappa shape index (κ2) is 11.5. The van der Waals surface area contributed by atoms with Gasteiger partial charge in [-0.3, -0.25) is 9.59 Å². The first-order valence-electron chi connectivity index (χ1n) is 11.1. The number of anilines is 1. The molecule has 0 fully saturated rings. The average Bonchev–Trinajstić information content (AvgIpc) is 3.40. The van der Waals surface area contributed by atoms with Crippen molar-refractivity contribution in [3.8, 4) is 11.5 Å². The van der Waals surface area contributed by atoms with Crippen molar-refractivity contribution >= 4 is 17.5 Å². The highest BCUT2D eigenvalue weighted by Crippen LogP contribution is 2.17. The lowest BCUT2D eigenvalue weighted by Gasteiger charge is -2.10. The third-order valence-corrected chi connectivity index (χ3v) is 5.21. The minimum atomic E-state index is -0.296. The molecule has 178 valence electrons. The quantitative estimate of drug-likeness (QED) is 0.367. The summed E-state index contributed by atoms with van der Waals surface area (Å²) in [5.74, 6) is 0.664. The Labute approximate surface area is 203 Å². The molecular weight excluding hydrogens is 444 g/mol. The van der Waals surface area contributed by atoms with Gasteiger partial charge in [-0.1, -0.05) is 30.3 Å². The molecule has 0 spiro atoms. The van der Waals surface area contributed by atoms with E-state index in [0.29, 0.717) is 29.3 Å². The van der Waals surface area contributed by atoms with E-state index >= 15 is 0 Å². The Morgan fingerprint density at radius 2 is 1.74 bits per heavy atom. The number of imidazole rings is 1. The van der Waals surface area contributed by atoms with Crippen LogP contribution in [0, 0.1) is 0 Å². The van der Waals surface area contributed by atoms with E-state index in [9.17, 15) is 9.59 Å². The molecule has 0 saturated carbocycles. The number of methoxy groups -OCH3 is 1. The van der Waals surface area contributed by atoms with Crippen molar-refractivity contribution in [3.63, 3.8) is 0 Å². The third-order valence-electron chi connectivity index (χ3n) is 5.21. The zero-order valence-corrected chi connectivity index (χ0v) is 19.3. The van der Waals surface area contributed by atoms with Crippen LogP contribution in [0.15, 0.2) is 91.5 Å². The Kier molecular flexibility index (Phi) is 7.75. The summed E-state index contributed by atoms with van der Waals surface area (Å²) in [5, 5.41) is 5.69. The molecule has 3 aromatic carbocycles. The van der Waals surface area contributed by atoms with Crippen LogP contribution in [0.4, 0.5) is 5.69 Å². The van der Waals surface area contributed by atoms with Gasteiger partial charge in [0.1, 0.15) is 11.5 Å².